The predicted octanol–water partition coefficient (Wildman–Crippen LogP) is 11.7. The molecular weight excluding hydrogens is 516 g/mol. The summed E-state index contributed by atoms with van der Waals surface area (Å²) in [6.07, 6.45) is 1.17. The lowest BCUT2D eigenvalue weighted by Gasteiger charge is -2.48. The topological polar surface area (TPSA) is 0 Å². The van der Waals surface area contributed by atoms with Gasteiger partial charge in [-0.1, -0.05) is 155 Å². The van der Waals surface area contributed by atoms with Gasteiger partial charge in [0, 0.05) is 21.7 Å². The van der Waals surface area contributed by atoms with Gasteiger partial charge in [-0.3, -0.25) is 0 Å². The van der Waals surface area contributed by atoms with E-state index in [4.69, 9.17) is 0 Å². The van der Waals surface area contributed by atoms with E-state index in [1.807, 2.05) is 0 Å². The van der Waals surface area contributed by atoms with Gasteiger partial charge < -0.3 is 0 Å². The Balaban J connectivity index is 1.82. The highest BCUT2D eigenvalue weighted by Gasteiger charge is 2.47. The van der Waals surface area contributed by atoms with Crippen LogP contribution in [0.1, 0.15) is 144 Å². The van der Waals surface area contributed by atoms with Crippen LogP contribution >= 0.6 is 0 Å². The number of benzene rings is 4. The predicted molar refractivity (Wildman–Crippen MR) is 186 cm³/mol. The van der Waals surface area contributed by atoms with Gasteiger partial charge in [0.15, 0.2) is 0 Å². The van der Waals surface area contributed by atoms with Crippen molar-refractivity contribution in [3.05, 3.63) is 128 Å². The molecule has 0 fully saturated rings. The Hall–Kier alpha value is -3.12. The second kappa shape index (κ2) is 9.69. The van der Waals surface area contributed by atoms with Crippen LogP contribution in [-0.4, -0.2) is 0 Å². The molecule has 2 aliphatic rings. The molecule has 0 amide bonds. The van der Waals surface area contributed by atoms with Crippen molar-refractivity contribution in [1.29, 1.82) is 0 Å². The SMILES string of the molecule is CCC(C)C(C)c1ccc2c(c1-c1c(C)ccc3c1C(C)(C)c1ccccc1C3(C)C)C(C)(C)c1ccccc1C2(C)C. The van der Waals surface area contributed by atoms with Crippen LogP contribution in [0.2, 0.25) is 0 Å². The third-order valence-electron chi connectivity index (χ3n) is 12.0. The minimum atomic E-state index is -0.136. The number of hydrogen-bond donors (Lipinski definition) is 0. The summed E-state index contributed by atoms with van der Waals surface area (Å²) in [5, 5.41) is 0. The molecule has 0 radical (unpaired) electrons. The molecular formula is C43H52. The maximum Gasteiger partial charge on any atom is 0.0158 e. The Morgan fingerprint density at radius 3 is 1.33 bits per heavy atom. The van der Waals surface area contributed by atoms with Crippen LogP contribution in [0.3, 0.4) is 0 Å². The highest BCUT2D eigenvalue weighted by atomic mass is 14.5. The molecule has 6 rings (SSSR count). The standard InChI is InChI=1S/C43H52/c1-13-26(2)28(4)29-23-25-35-39(43(11,12)33-21-17-15-19-31(33)41(35,7)8)37(29)36-27(3)22-24-34-38(36)42(9,10)32-20-16-14-18-30(32)40(34,5)6/h14-26,28H,13H2,1-12H3. The quantitative estimate of drug-likeness (QED) is 0.230. The van der Waals surface area contributed by atoms with Gasteiger partial charge in [0.2, 0.25) is 0 Å². The van der Waals surface area contributed by atoms with Crippen molar-refractivity contribution in [1.82, 2.24) is 0 Å². The van der Waals surface area contributed by atoms with Crippen molar-refractivity contribution >= 4 is 0 Å². The van der Waals surface area contributed by atoms with Crippen LogP contribution in [0.15, 0.2) is 72.8 Å². The van der Waals surface area contributed by atoms with Gasteiger partial charge >= 0.3 is 0 Å². The Morgan fingerprint density at radius 2 is 0.884 bits per heavy atom. The van der Waals surface area contributed by atoms with Crippen molar-refractivity contribution in [2.45, 2.75) is 117 Å². The first kappa shape index (κ1) is 29.9. The summed E-state index contributed by atoms with van der Waals surface area (Å²) in [6.45, 7) is 29.3. The van der Waals surface area contributed by atoms with Gasteiger partial charge in [-0.2, -0.15) is 0 Å². The van der Waals surface area contributed by atoms with E-state index >= 15 is 0 Å². The summed E-state index contributed by atoms with van der Waals surface area (Å²) in [7, 11) is 0. The third kappa shape index (κ3) is 4.01. The van der Waals surface area contributed by atoms with Crippen LogP contribution in [0.4, 0.5) is 0 Å². The summed E-state index contributed by atoms with van der Waals surface area (Å²) in [5.41, 5.74) is 17.3. The number of hydrogen-bond acceptors (Lipinski definition) is 0. The van der Waals surface area contributed by atoms with Crippen LogP contribution in [0, 0.1) is 12.8 Å². The van der Waals surface area contributed by atoms with Gasteiger partial charge in [-0.25, -0.2) is 0 Å². The molecule has 0 saturated carbocycles. The Kier molecular flexibility index (Phi) is 6.74. The molecule has 2 unspecified atom stereocenters. The average Bonchev–Trinajstić information content (AvgIpc) is 2.98. The minimum absolute atomic E-state index is 0.0807. The van der Waals surface area contributed by atoms with Crippen molar-refractivity contribution in [3.63, 3.8) is 0 Å². The first-order chi connectivity index (χ1) is 20.1. The normalized spacial score (nSPS) is 19.8. The van der Waals surface area contributed by atoms with Gasteiger partial charge in [0.25, 0.3) is 0 Å². The van der Waals surface area contributed by atoms with E-state index in [0.717, 1.165) is 0 Å². The lowest BCUT2D eigenvalue weighted by molar-refractivity contribution is 0.470. The Labute approximate surface area is 262 Å². The number of aryl methyl sites for hydroxylation is 1. The monoisotopic (exact) mass is 568 g/mol. The molecule has 0 heteroatoms. The fourth-order valence-electron chi connectivity index (χ4n) is 9.00. The van der Waals surface area contributed by atoms with E-state index in [9.17, 15) is 0 Å². The maximum absolute atomic E-state index is 2.52. The molecule has 2 aliphatic carbocycles. The summed E-state index contributed by atoms with van der Waals surface area (Å²) in [4.78, 5) is 0. The molecule has 0 nitrogen and oxygen atoms in total. The molecule has 224 valence electrons. The first-order valence-corrected chi connectivity index (χ1v) is 16.6. The number of rotatable bonds is 4. The molecule has 0 spiro atoms. The summed E-state index contributed by atoms with van der Waals surface area (Å²) in [5.74, 6) is 1.04. The second-order valence-corrected chi connectivity index (χ2v) is 15.9. The smallest absolute Gasteiger partial charge is 0.0158 e. The van der Waals surface area contributed by atoms with Crippen molar-refractivity contribution in [2.75, 3.05) is 0 Å². The van der Waals surface area contributed by atoms with Crippen LogP contribution in [0.25, 0.3) is 11.1 Å². The average molecular weight is 569 g/mol. The number of fused-ring (bicyclic) bond motifs is 4. The lowest BCUT2D eigenvalue weighted by atomic mass is 9.55. The van der Waals surface area contributed by atoms with E-state index in [0.29, 0.717) is 11.8 Å². The highest BCUT2D eigenvalue weighted by molar-refractivity contribution is 5.85. The maximum atomic E-state index is 2.52. The first-order valence-electron chi connectivity index (χ1n) is 16.6. The molecule has 4 aromatic carbocycles. The molecule has 2 atom stereocenters. The minimum Gasteiger partial charge on any atom is -0.0651 e. The van der Waals surface area contributed by atoms with Gasteiger partial charge in [0.05, 0.1) is 0 Å². The summed E-state index contributed by atoms with van der Waals surface area (Å²) < 4.78 is 0. The van der Waals surface area contributed by atoms with E-state index in [1.165, 1.54) is 73.2 Å². The summed E-state index contributed by atoms with van der Waals surface area (Å²) in [6, 6.07) is 28.3. The lowest BCUT2D eigenvalue weighted by Crippen LogP contribution is -2.39. The molecule has 0 aliphatic heterocycles. The van der Waals surface area contributed by atoms with E-state index in [2.05, 4.69) is 156 Å². The Bertz CT molecular complexity index is 1740. The zero-order valence-corrected chi connectivity index (χ0v) is 28.8. The molecule has 0 bridgehead atoms. The fourth-order valence-corrected chi connectivity index (χ4v) is 9.00. The molecule has 0 N–H and O–H groups in total. The zero-order valence-electron chi connectivity index (χ0n) is 28.8. The van der Waals surface area contributed by atoms with E-state index < -0.39 is 0 Å². The molecule has 0 aromatic heterocycles. The van der Waals surface area contributed by atoms with Crippen LogP contribution in [-0.2, 0) is 21.7 Å². The fraction of sp³-hybridized carbons (Fsp3) is 0.442. The van der Waals surface area contributed by atoms with E-state index in [1.54, 1.807) is 0 Å². The second-order valence-electron chi connectivity index (χ2n) is 15.9. The van der Waals surface area contributed by atoms with Gasteiger partial charge in [-0.15, -0.1) is 0 Å². The van der Waals surface area contributed by atoms with Crippen molar-refractivity contribution in [2.24, 2.45) is 5.92 Å². The van der Waals surface area contributed by atoms with Crippen LogP contribution < -0.4 is 0 Å². The highest BCUT2D eigenvalue weighted by Crippen LogP contribution is 2.58. The van der Waals surface area contributed by atoms with Crippen LogP contribution in [0.5, 0.6) is 0 Å². The zero-order chi connectivity index (χ0) is 31.3. The summed E-state index contributed by atoms with van der Waals surface area (Å²) >= 11 is 0. The van der Waals surface area contributed by atoms with E-state index in [-0.39, 0.29) is 21.7 Å². The van der Waals surface area contributed by atoms with Crippen molar-refractivity contribution < 1.29 is 0 Å². The largest absolute Gasteiger partial charge is 0.0651 e. The molecule has 0 heterocycles. The van der Waals surface area contributed by atoms with Crippen molar-refractivity contribution in [3.8, 4) is 11.1 Å². The Morgan fingerprint density at radius 1 is 0.488 bits per heavy atom. The third-order valence-corrected chi connectivity index (χ3v) is 12.0. The molecule has 0 saturated heterocycles. The van der Waals surface area contributed by atoms with Gasteiger partial charge in [-0.05, 0) is 85.5 Å². The molecule has 4 aromatic rings. The van der Waals surface area contributed by atoms with Gasteiger partial charge in [0.1, 0.15) is 0 Å². The molecule has 43 heavy (non-hydrogen) atoms.